The number of nitrogens with one attached hydrogen (secondary N) is 1. The molecule has 1 aromatic carbocycles. The maximum Gasteiger partial charge on any atom is 0.416 e. The van der Waals surface area contributed by atoms with E-state index >= 15 is 0 Å². The Bertz CT molecular complexity index is 1370. The minimum absolute atomic E-state index is 0.0436. The Morgan fingerprint density at radius 1 is 1.09 bits per heavy atom. The van der Waals surface area contributed by atoms with E-state index in [1.807, 2.05) is 0 Å². The summed E-state index contributed by atoms with van der Waals surface area (Å²) in [6.07, 6.45) is -5.69. The average molecular weight is 495 g/mol. The first-order chi connectivity index (χ1) is 16.6. The Morgan fingerprint density at radius 2 is 1.80 bits per heavy atom. The standard InChI is InChI=1S/C21H15F6N7O/c22-8-13(18(23)24)15-16-17(19(28)31-9-30-16)34(33-15)12-3-1-10(2-4-12)20(35)32-14-7-11(5-6-29-14)21(25,26)27/h1-7,9,13,18H,8H2,(H2,28,30,31)(H,29,32,35). The molecule has 8 nitrogen and oxygen atoms in total. The van der Waals surface area contributed by atoms with Gasteiger partial charge in [-0.3, -0.25) is 9.18 Å². The van der Waals surface area contributed by atoms with Crippen molar-refractivity contribution in [2.45, 2.75) is 18.5 Å². The van der Waals surface area contributed by atoms with Crippen molar-refractivity contribution in [3.8, 4) is 5.69 Å². The van der Waals surface area contributed by atoms with E-state index in [1.54, 1.807) is 0 Å². The number of pyridine rings is 1. The number of fused-ring (bicyclic) bond motifs is 1. The van der Waals surface area contributed by atoms with Crippen LogP contribution in [-0.4, -0.2) is 43.7 Å². The van der Waals surface area contributed by atoms with Crippen LogP contribution in [0.4, 0.5) is 38.0 Å². The maximum atomic E-state index is 13.4. The molecule has 14 heteroatoms. The number of rotatable bonds is 6. The fraction of sp³-hybridized carbons (Fsp3) is 0.190. The summed E-state index contributed by atoms with van der Waals surface area (Å²) in [5.41, 5.74) is 4.97. The van der Waals surface area contributed by atoms with Crippen molar-refractivity contribution in [1.29, 1.82) is 0 Å². The van der Waals surface area contributed by atoms with Crippen LogP contribution in [0.15, 0.2) is 48.9 Å². The molecule has 0 radical (unpaired) electrons. The van der Waals surface area contributed by atoms with Gasteiger partial charge in [0.05, 0.1) is 17.2 Å². The molecule has 3 heterocycles. The number of carbonyl (C=O) groups is 1. The number of hydrogen-bond donors (Lipinski definition) is 2. The third-order valence-electron chi connectivity index (χ3n) is 5.04. The first-order valence-corrected chi connectivity index (χ1v) is 9.88. The second-order valence-electron chi connectivity index (χ2n) is 7.28. The zero-order valence-corrected chi connectivity index (χ0v) is 17.5. The third-order valence-corrected chi connectivity index (χ3v) is 5.04. The lowest BCUT2D eigenvalue weighted by Crippen LogP contribution is -2.14. The van der Waals surface area contributed by atoms with E-state index in [0.29, 0.717) is 6.07 Å². The van der Waals surface area contributed by atoms with Crippen LogP contribution in [0.5, 0.6) is 0 Å². The molecule has 0 saturated heterocycles. The first kappa shape index (κ1) is 23.9. The zero-order valence-electron chi connectivity index (χ0n) is 17.5. The van der Waals surface area contributed by atoms with E-state index in [4.69, 9.17) is 5.73 Å². The number of aromatic nitrogens is 5. The van der Waals surface area contributed by atoms with E-state index in [2.05, 4.69) is 25.4 Å². The van der Waals surface area contributed by atoms with Gasteiger partial charge in [-0.25, -0.2) is 28.4 Å². The normalized spacial score (nSPS) is 12.8. The lowest BCUT2D eigenvalue weighted by atomic mass is 10.1. The van der Waals surface area contributed by atoms with Crippen LogP contribution in [0.3, 0.4) is 0 Å². The summed E-state index contributed by atoms with van der Waals surface area (Å²) in [6.45, 7) is -1.38. The molecule has 0 fully saturated rings. The molecule has 0 aliphatic rings. The van der Waals surface area contributed by atoms with Crippen molar-refractivity contribution in [2.24, 2.45) is 0 Å². The highest BCUT2D eigenvalue weighted by molar-refractivity contribution is 6.04. The molecule has 4 aromatic rings. The van der Waals surface area contributed by atoms with Gasteiger partial charge in [-0.05, 0) is 36.4 Å². The summed E-state index contributed by atoms with van der Waals surface area (Å²) in [5, 5.41) is 6.36. The lowest BCUT2D eigenvalue weighted by molar-refractivity contribution is -0.137. The Morgan fingerprint density at radius 3 is 2.43 bits per heavy atom. The van der Waals surface area contributed by atoms with Crippen molar-refractivity contribution in [2.75, 3.05) is 17.7 Å². The molecule has 182 valence electrons. The fourth-order valence-electron chi connectivity index (χ4n) is 3.31. The number of benzene rings is 1. The van der Waals surface area contributed by atoms with Crippen LogP contribution < -0.4 is 11.1 Å². The van der Waals surface area contributed by atoms with E-state index < -0.39 is 36.7 Å². The topological polar surface area (TPSA) is 112 Å². The van der Waals surface area contributed by atoms with Gasteiger partial charge in [0.25, 0.3) is 5.91 Å². The van der Waals surface area contributed by atoms with Crippen molar-refractivity contribution in [3.63, 3.8) is 0 Å². The van der Waals surface area contributed by atoms with Gasteiger partial charge in [0.15, 0.2) is 5.82 Å². The highest BCUT2D eigenvalue weighted by atomic mass is 19.4. The molecule has 4 rings (SSSR count). The van der Waals surface area contributed by atoms with Gasteiger partial charge in [0, 0.05) is 11.8 Å². The maximum absolute atomic E-state index is 13.4. The van der Waals surface area contributed by atoms with Crippen LogP contribution in [-0.2, 0) is 6.18 Å². The van der Waals surface area contributed by atoms with Crippen LogP contribution in [0.2, 0.25) is 0 Å². The van der Waals surface area contributed by atoms with Crippen LogP contribution in [0.25, 0.3) is 16.7 Å². The quantitative estimate of drug-likeness (QED) is 0.384. The summed E-state index contributed by atoms with van der Waals surface area (Å²) < 4.78 is 79.8. The summed E-state index contributed by atoms with van der Waals surface area (Å²) in [5.74, 6) is -2.96. The number of nitrogens with two attached hydrogens (primary N) is 1. The molecule has 0 saturated carbocycles. The number of hydrogen-bond acceptors (Lipinski definition) is 6. The number of nitrogens with zero attached hydrogens (tertiary/aromatic N) is 5. The predicted molar refractivity (Wildman–Crippen MR) is 113 cm³/mol. The third kappa shape index (κ3) is 4.72. The molecule has 0 bridgehead atoms. The van der Waals surface area contributed by atoms with Gasteiger partial charge in [0.1, 0.15) is 35.5 Å². The number of halogens is 6. The molecule has 3 N–H and O–H groups in total. The van der Waals surface area contributed by atoms with Gasteiger partial charge in [0.2, 0.25) is 6.43 Å². The lowest BCUT2D eigenvalue weighted by Gasteiger charge is -2.10. The van der Waals surface area contributed by atoms with E-state index in [-0.39, 0.29) is 39.6 Å². The number of nitrogen functional groups attached to an aromatic ring is 1. The number of amides is 1. The highest BCUT2D eigenvalue weighted by Crippen LogP contribution is 2.32. The van der Waals surface area contributed by atoms with Crippen molar-refractivity contribution in [1.82, 2.24) is 24.7 Å². The summed E-state index contributed by atoms with van der Waals surface area (Å²) in [7, 11) is 0. The molecule has 0 aliphatic heterocycles. The molecule has 1 amide bonds. The van der Waals surface area contributed by atoms with Crippen molar-refractivity contribution < 1.29 is 31.1 Å². The van der Waals surface area contributed by atoms with Gasteiger partial charge in [-0.15, -0.1) is 0 Å². The van der Waals surface area contributed by atoms with Gasteiger partial charge in [-0.2, -0.15) is 18.3 Å². The monoisotopic (exact) mass is 495 g/mol. The van der Waals surface area contributed by atoms with Gasteiger partial charge >= 0.3 is 6.18 Å². The minimum Gasteiger partial charge on any atom is -0.382 e. The molecule has 0 aliphatic carbocycles. The Labute approximate surface area is 192 Å². The Balaban J connectivity index is 1.65. The number of anilines is 2. The molecule has 1 unspecified atom stereocenters. The summed E-state index contributed by atoms with van der Waals surface area (Å²) >= 11 is 0. The smallest absolute Gasteiger partial charge is 0.382 e. The Hall–Kier alpha value is -4.23. The molecular weight excluding hydrogens is 480 g/mol. The number of alkyl halides is 6. The number of carbonyl (C=O) groups excluding carboxylic acids is 1. The summed E-state index contributed by atoms with van der Waals surface area (Å²) in [6, 6.07) is 6.89. The van der Waals surface area contributed by atoms with Crippen LogP contribution in [0.1, 0.15) is 27.5 Å². The fourth-order valence-corrected chi connectivity index (χ4v) is 3.31. The molecular formula is C21H15F6N7O. The van der Waals surface area contributed by atoms with Crippen molar-refractivity contribution >= 4 is 28.6 Å². The molecule has 35 heavy (non-hydrogen) atoms. The molecule has 3 aromatic heterocycles. The highest BCUT2D eigenvalue weighted by Gasteiger charge is 2.31. The van der Waals surface area contributed by atoms with Crippen LogP contribution >= 0.6 is 0 Å². The summed E-state index contributed by atoms with van der Waals surface area (Å²) in [4.78, 5) is 23.9. The second-order valence-corrected chi connectivity index (χ2v) is 7.28. The van der Waals surface area contributed by atoms with Crippen LogP contribution in [0, 0.1) is 0 Å². The molecule has 0 spiro atoms. The van der Waals surface area contributed by atoms with E-state index in [1.165, 1.54) is 24.3 Å². The SMILES string of the molecule is Nc1ncnc2c(C(CF)C(F)F)nn(-c3ccc(C(=O)Nc4cc(C(F)(F)F)ccn4)cc3)c12. The van der Waals surface area contributed by atoms with Crippen molar-refractivity contribution in [3.05, 3.63) is 65.7 Å². The Kier molecular flexibility index (Phi) is 6.28. The second kappa shape index (κ2) is 9.19. The predicted octanol–water partition coefficient (Wildman–Crippen LogP) is 4.38. The first-order valence-electron chi connectivity index (χ1n) is 9.88. The van der Waals surface area contributed by atoms with E-state index in [9.17, 15) is 31.1 Å². The van der Waals surface area contributed by atoms with E-state index in [0.717, 1.165) is 23.3 Å². The molecule has 1 atom stereocenters. The zero-order chi connectivity index (χ0) is 25.3. The van der Waals surface area contributed by atoms with Gasteiger partial charge in [-0.1, -0.05) is 0 Å². The average Bonchev–Trinajstić information content (AvgIpc) is 3.20. The van der Waals surface area contributed by atoms with Gasteiger partial charge < -0.3 is 11.1 Å². The largest absolute Gasteiger partial charge is 0.416 e. The minimum atomic E-state index is -4.60.